The third-order valence-corrected chi connectivity index (χ3v) is 5.85. The maximum absolute atomic E-state index is 13.7. The molecule has 20 heavy (non-hydrogen) atoms. The number of amides is 1. The topological polar surface area (TPSA) is 29.1 Å². The molecule has 1 aliphatic rings. The molecule has 1 N–H and O–H groups in total. The Labute approximate surface area is 132 Å². The molecule has 0 bridgehead atoms. The molecule has 0 radical (unpaired) electrons. The number of thioether (sulfide) groups is 1. The first-order chi connectivity index (χ1) is 9.56. The predicted molar refractivity (Wildman–Crippen MR) is 85.8 cm³/mol. The molecule has 1 saturated carbocycles. The summed E-state index contributed by atoms with van der Waals surface area (Å²) in [6, 6.07) is 4.43. The first kappa shape index (κ1) is 15.8. The second-order valence-electron chi connectivity index (χ2n) is 5.25. The van der Waals surface area contributed by atoms with Crippen LogP contribution in [0.3, 0.4) is 0 Å². The van der Waals surface area contributed by atoms with Crippen LogP contribution >= 0.6 is 27.7 Å². The van der Waals surface area contributed by atoms with Gasteiger partial charge in [-0.3, -0.25) is 4.79 Å². The van der Waals surface area contributed by atoms with E-state index in [-0.39, 0.29) is 16.2 Å². The lowest BCUT2D eigenvalue weighted by Crippen LogP contribution is -2.42. The van der Waals surface area contributed by atoms with Crippen molar-refractivity contribution in [1.82, 2.24) is 5.32 Å². The smallest absolute Gasteiger partial charge is 0.254 e. The normalized spacial score (nSPS) is 17.8. The number of rotatable bonds is 4. The zero-order valence-electron chi connectivity index (χ0n) is 11.5. The van der Waals surface area contributed by atoms with Crippen molar-refractivity contribution in [2.45, 2.75) is 36.9 Å². The summed E-state index contributed by atoms with van der Waals surface area (Å²) >= 11 is 5.09. The summed E-state index contributed by atoms with van der Waals surface area (Å²) in [5.74, 6) is -0.810. The highest BCUT2D eigenvalue weighted by atomic mass is 79.9. The van der Waals surface area contributed by atoms with Gasteiger partial charge in [-0.2, -0.15) is 11.8 Å². The molecule has 0 aromatic heterocycles. The van der Waals surface area contributed by atoms with Crippen molar-refractivity contribution in [2.75, 3.05) is 12.8 Å². The van der Waals surface area contributed by atoms with Crippen LogP contribution in [-0.4, -0.2) is 23.5 Å². The van der Waals surface area contributed by atoms with Crippen LogP contribution in [0.25, 0.3) is 0 Å². The van der Waals surface area contributed by atoms with E-state index in [4.69, 9.17) is 0 Å². The fraction of sp³-hybridized carbons (Fsp3) is 0.533. The standard InChI is InChI=1S/C15H19BrFNOS/c1-20-15(7-3-2-4-8-15)10-18-14(19)12-9-11(16)5-6-13(12)17/h5-6,9H,2-4,7-8,10H2,1H3,(H,18,19). The molecule has 1 aliphatic carbocycles. The number of nitrogens with one attached hydrogen (secondary N) is 1. The Balaban J connectivity index is 2.02. The summed E-state index contributed by atoms with van der Waals surface area (Å²) in [5.41, 5.74) is 0.103. The number of hydrogen-bond donors (Lipinski definition) is 1. The van der Waals surface area contributed by atoms with Crippen molar-refractivity contribution in [1.29, 1.82) is 0 Å². The minimum Gasteiger partial charge on any atom is -0.351 e. The second kappa shape index (κ2) is 6.94. The molecule has 110 valence electrons. The Morgan fingerprint density at radius 1 is 1.40 bits per heavy atom. The highest BCUT2D eigenvalue weighted by Crippen LogP contribution is 2.38. The van der Waals surface area contributed by atoms with Crippen molar-refractivity contribution in [3.05, 3.63) is 34.1 Å². The molecule has 0 spiro atoms. The number of carbonyl (C=O) groups excluding carboxylic acids is 1. The Bertz CT molecular complexity index is 489. The first-order valence-corrected chi connectivity index (χ1v) is 8.86. The van der Waals surface area contributed by atoms with Crippen LogP contribution in [0.1, 0.15) is 42.5 Å². The molecule has 1 fully saturated rings. The molecular formula is C15H19BrFNOS. The van der Waals surface area contributed by atoms with Crippen LogP contribution in [0.4, 0.5) is 4.39 Å². The van der Waals surface area contributed by atoms with E-state index in [1.807, 2.05) is 11.8 Å². The number of hydrogen-bond acceptors (Lipinski definition) is 2. The number of halogens is 2. The quantitative estimate of drug-likeness (QED) is 0.863. The Hall–Kier alpha value is -0.550. The molecule has 0 heterocycles. The van der Waals surface area contributed by atoms with Crippen LogP contribution in [-0.2, 0) is 0 Å². The number of carbonyl (C=O) groups is 1. The third-order valence-electron chi connectivity index (χ3n) is 3.94. The maximum atomic E-state index is 13.7. The molecule has 2 rings (SSSR count). The van der Waals surface area contributed by atoms with Crippen LogP contribution in [0.15, 0.2) is 22.7 Å². The Morgan fingerprint density at radius 3 is 2.75 bits per heavy atom. The largest absolute Gasteiger partial charge is 0.351 e. The molecule has 0 atom stereocenters. The van der Waals surface area contributed by atoms with E-state index in [9.17, 15) is 9.18 Å². The minimum atomic E-state index is -0.479. The fourth-order valence-corrected chi connectivity index (χ4v) is 3.93. The Morgan fingerprint density at radius 2 is 2.10 bits per heavy atom. The van der Waals surface area contributed by atoms with E-state index in [0.29, 0.717) is 11.0 Å². The van der Waals surface area contributed by atoms with Gasteiger partial charge < -0.3 is 5.32 Å². The van der Waals surface area contributed by atoms with E-state index in [2.05, 4.69) is 27.5 Å². The molecule has 1 amide bonds. The second-order valence-corrected chi connectivity index (χ2v) is 7.44. The lowest BCUT2D eigenvalue weighted by atomic mass is 9.88. The van der Waals surface area contributed by atoms with E-state index >= 15 is 0 Å². The highest BCUT2D eigenvalue weighted by Gasteiger charge is 2.31. The first-order valence-electron chi connectivity index (χ1n) is 6.85. The average molecular weight is 360 g/mol. The number of benzene rings is 1. The van der Waals surface area contributed by atoms with Gasteiger partial charge in [0.2, 0.25) is 0 Å². The van der Waals surface area contributed by atoms with Crippen LogP contribution in [0, 0.1) is 5.82 Å². The van der Waals surface area contributed by atoms with Gasteiger partial charge in [0.15, 0.2) is 0 Å². The lowest BCUT2D eigenvalue weighted by Gasteiger charge is -2.35. The van der Waals surface area contributed by atoms with Gasteiger partial charge in [-0.25, -0.2) is 4.39 Å². The molecule has 5 heteroatoms. The molecule has 0 unspecified atom stereocenters. The van der Waals surface area contributed by atoms with E-state index < -0.39 is 5.82 Å². The van der Waals surface area contributed by atoms with Gasteiger partial charge in [0, 0.05) is 15.8 Å². The summed E-state index contributed by atoms with van der Waals surface area (Å²) in [6.07, 6.45) is 8.03. The molecule has 1 aromatic carbocycles. The van der Waals surface area contributed by atoms with Gasteiger partial charge in [0.05, 0.1) is 5.56 Å². The van der Waals surface area contributed by atoms with E-state index in [1.54, 1.807) is 6.07 Å². The van der Waals surface area contributed by atoms with Crippen molar-refractivity contribution >= 4 is 33.6 Å². The summed E-state index contributed by atoms with van der Waals surface area (Å²) in [5, 5.41) is 2.91. The summed E-state index contributed by atoms with van der Waals surface area (Å²) in [6.45, 7) is 0.610. The van der Waals surface area contributed by atoms with Gasteiger partial charge in [-0.05, 0) is 37.3 Å². The highest BCUT2D eigenvalue weighted by molar-refractivity contribution is 9.10. The molecule has 1 aromatic rings. The van der Waals surface area contributed by atoms with Gasteiger partial charge in [-0.1, -0.05) is 35.2 Å². The molecular weight excluding hydrogens is 341 g/mol. The minimum absolute atomic E-state index is 0.103. The van der Waals surface area contributed by atoms with Gasteiger partial charge in [0.1, 0.15) is 5.82 Å². The SMILES string of the molecule is CSC1(CNC(=O)c2cc(Br)ccc2F)CCCCC1. The summed E-state index contributed by atoms with van der Waals surface area (Å²) < 4.78 is 14.5. The van der Waals surface area contributed by atoms with Crippen molar-refractivity contribution < 1.29 is 9.18 Å². The van der Waals surface area contributed by atoms with Crippen LogP contribution < -0.4 is 5.32 Å². The monoisotopic (exact) mass is 359 g/mol. The zero-order valence-corrected chi connectivity index (χ0v) is 13.9. The summed E-state index contributed by atoms with van der Waals surface area (Å²) in [7, 11) is 0. The van der Waals surface area contributed by atoms with Crippen molar-refractivity contribution in [3.8, 4) is 0 Å². The molecule has 2 nitrogen and oxygen atoms in total. The van der Waals surface area contributed by atoms with Crippen molar-refractivity contribution in [3.63, 3.8) is 0 Å². The maximum Gasteiger partial charge on any atom is 0.254 e. The van der Waals surface area contributed by atoms with Gasteiger partial charge in [-0.15, -0.1) is 0 Å². The third kappa shape index (κ3) is 3.76. The van der Waals surface area contributed by atoms with Gasteiger partial charge in [0.25, 0.3) is 5.91 Å². The molecule has 0 saturated heterocycles. The lowest BCUT2D eigenvalue weighted by molar-refractivity contribution is 0.0943. The van der Waals surface area contributed by atoms with Crippen LogP contribution in [0.2, 0.25) is 0 Å². The fourth-order valence-electron chi connectivity index (χ4n) is 2.66. The van der Waals surface area contributed by atoms with Crippen molar-refractivity contribution in [2.24, 2.45) is 0 Å². The summed E-state index contributed by atoms with van der Waals surface area (Å²) in [4.78, 5) is 12.1. The van der Waals surface area contributed by atoms with E-state index in [0.717, 1.165) is 12.8 Å². The average Bonchev–Trinajstić information content (AvgIpc) is 2.48. The van der Waals surface area contributed by atoms with Crippen LogP contribution in [0.5, 0.6) is 0 Å². The van der Waals surface area contributed by atoms with E-state index in [1.165, 1.54) is 31.4 Å². The molecule has 0 aliphatic heterocycles. The van der Waals surface area contributed by atoms with Gasteiger partial charge >= 0.3 is 0 Å². The Kier molecular flexibility index (Phi) is 5.49. The predicted octanol–water partition coefficient (Wildman–Crippen LogP) is 4.38. The zero-order chi connectivity index (χ0) is 14.6.